The number of nitrogen functional groups attached to an aromatic ring is 1. The van der Waals surface area contributed by atoms with Crippen molar-refractivity contribution in [2.75, 3.05) is 10.5 Å². The van der Waals surface area contributed by atoms with E-state index in [2.05, 4.69) is 20.7 Å². The zero-order valence-corrected chi connectivity index (χ0v) is 13.5. The van der Waals surface area contributed by atoms with Gasteiger partial charge in [0.2, 0.25) is 0 Å². The Balaban J connectivity index is 2.41. The normalized spacial score (nSPS) is 11.3. The standard InChI is InChI=1S/C14H15BrN2O2S/c1-9-6-7-11(8-13(9)16)20(18,19)17-14-5-3-4-12(15)10(14)2/h3-8,17H,16H2,1-2H3. The number of benzene rings is 2. The first-order chi connectivity index (χ1) is 9.31. The first-order valence-corrected chi connectivity index (χ1v) is 8.23. The van der Waals surface area contributed by atoms with Gasteiger partial charge in [0, 0.05) is 10.2 Å². The first kappa shape index (κ1) is 14.9. The lowest BCUT2D eigenvalue weighted by Gasteiger charge is -2.12. The van der Waals surface area contributed by atoms with E-state index in [1.165, 1.54) is 6.07 Å². The number of hydrogen-bond donors (Lipinski definition) is 2. The lowest BCUT2D eigenvalue weighted by atomic mass is 10.2. The van der Waals surface area contributed by atoms with Gasteiger partial charge >= 0.3 is 0 Å². The molecule has 0 unspecified atom stereocenters. The zero-order chi connectivity index (χ0) is 14.9. The van der Waals surface area contributed by atoms with Crippen molar-refractivity contribution in [3.05, 3.63) is 52.0 Å². The van der Waals surface area contributed by atoms with Gasteiger partial charge in [-0.1, -0.05) is 28.1 Å². The van der Waals surface area contributed by atoms with Gasteiger partial charge in [-0.2, -0.15) is 0 Å². The van der Waals surface area contributed by atoms with Crippen molar-refractivity contribution in [1.29, 1.82) is 0 Å². The summed E-state index contributed by atoms with van der Waals surface area (Å²) in [6, 6.07) is 10.1. The molecule has 0 spiro atoms. The van der Waals surface area contributed by atoms with Crippen molar-refractivity contribution in [1.82, 2.24) is 0 Å². The van der Waals surface area contributed by atoms with Crippen molar-refractivity contribution < 1.29 is 8.42 Å². The Morgan fingerprint density at radius 2 is 1.85 bits per heavy atom. The van der Waals surface area contributed by atoms with E-state index in [9.17, 15) is 8.42 Å². The molecular formula is C14H15BrN2O2S. The topological polar surface area (TPSA) is 72.2 Å². The minimum absolute atomic E-state index is 0.153. The third-order valence-corrected chi connectivity index (χ3v) is 5.30. The van der Waals surface area contributed by atoms with Gasteiger partial charge in [-0.15, -0.1) is 0 Å². The molecule has 0 atom stereocenters. The van der Waals surface area contributed by atoms with Crippen LogP contribution >= 0.6 is 15.9 Å². The highest BCUT2D eigenvalue weighted by Gasteiger charge is 2.16. The summed E-state index contributed by atoms with van der Waals surface area (Å²) < 4.78 is 28.1. The largest absolute Gasteiger partial charge is 0.398 e. The Bertz CT molecular complexity index is 758. The van der Waals surface area contributed by atoms with E-state index < -0.39 is 10.0 Å². The van der Waals surface area contributed by atoms with Crippen LogP contribution in [0.3, 0.4) is 0 Å². The molecule has 0 saturated heterocycles. The van der Waals surface area contributed by atoms with E-state index in [-0.39, 0.29) is 4.90 Å². The Hall–Kier alpha value is -1.53. The summed E-state index contributed by atoms with van der Waals surface area (Å²) in [6.45, 7) is 3.67. The molecule has 0 heterocycles. The molecule has 0 aromatic heterocycles. The summed E-state index contributed by atoms with van der Waals surface area (Å²) in [7, 11) is -3.64. The predicted octanol–water partition coefficient (Wildman–Crippen LogP) is 3.45. The SMILES string of the molecule is Cc1ccc(S(=O)(=O)Nc2cccc(Br)c2C)cc1N. The highest BCUT2D eigenvalue weighted by atomic mass is 79.9. The zero-order valence-electron chi connectivity index (χ0n) is 11.1. The Kier molecular flexibility index (Phi) is 4.06. The van der Waals surface area contributed by atoms with E-state index in [1.54, 1.807) is 24.3 Å². The molecule has 2 rings (SSSR count). The second-order valence-electron chi connectivity index (χ2n) is 4.54. The highest BCUT2D eigenvalue weighted by Crippen LogP contribution is 2.26. The van der Waals surface area contributed by atoms with Gasteiger partial charge in [0.1, 0.15) is 0 Å². The van der Waals surface area contributed by atoms with Crippen molar-refractivity contribution in [2.24, 2.45) is 0 Å². The van der Waals surface area contributed by atoms with Gasteiger partial charge < -0.3 is 5.73 Å². The molecule has 4 nitrogen and oxygen atoms in total. The minimum atomic E-state index is -3.64. The number of aryl methyl sites for hydroxylation is 1. The average molecular weight is 355 g/mol. The van der Waals surface area contributed by atoms with E-state index in [1.807, 2.05) is 19.9 Å². The highest BCUT2D eigenvalue weighted by molar-refractivity contribution is 9.10. The fourth-order valence-corrected chi connectivity index (χ4v) is 3.23. The number of nitrogens with one attached hydrogen (secondary N) is 1. The molecule has 0 amide bonds. The maximum absolute atomic E-state index is 12.3. The molecule has 0 radical (unpaired) electrons. The van der Waals surface area contributed by atoms with Crippen molar-refractivity contribution in [3.8, 4) is 0 Å². The van der Waals surface area contributed by atoms with Crippen LogP contribution in [0.1, 0.15) is 11.1 Å². The lowest BCUT2D eigenvalue weighted by molar-refractivity contribution is 0.601. The van der Waals surface area contributed by atoms with Crippen molar-refractivity contribution >= 4 is 37.3 Å². The molecule has 0 aliphatic carbocycles. The third kappa shape index (κ3) is 2.96. The fourth-order valence-electron chi connectivity index (χ4n) is 1.71. The summed E-state index contributed by atoms with van der Waals surface area (Å²) in [4.78, 5) is 0.153. The fraction of sp³-hybridized carbons (Fsp3) is 0.143. The average Bonchev–Trinajstić information content (AvgIpc) is 2.38. The van der Waals surface area contributed by atoms with Crippen LogP contribution in [0.25, 0.3) is 0 Å². The van der Waals surface area contributed by atoms with Crippen LogP contribution < -0.4 is 10.5 Å². The van der Waals surface area contributed by atoms with Crippen molar-refractivity contribution in [2.45, 2.75) is 18.7 Å². The summed E-state index contributed by atoms with van der Waals surface area (Å²) in [5, 5.41) is 0. The monoisotopic (exact) mass is 354 g/mol. The summed E-state index contributed by atoms with van der Waals surface area (Å²) in [5.74, 6) is 0. The second-order valence-corrected chi connectivity index (χ2v) is 7.07. The van der Waals surface area contributed by atoms with E-state index in [0.717, 1.165) is 15.6 Å². The lowest BCUT2D eigenvalue weighted by Crippen LogP contribution is -2.14. The molecule has 6 heteroatoms. The summed E-state index contributed by atoms with van der Waals surface area (Å²) in [6.07, 6.45) is 0. The third-order valence-electron chi connectivity index (χ3n) is 3.07. The minimum Gasteiger partial charge on any atom is -0.398 e. The molecule has 106 valence electrons. The number of nitrogens with two attached hydrogens (primary N) is 1. The van der Waals surface area contributed by atoms with E-state index in [0.29, 0.717) is 11.4 Å². The van der Waals surface area contributed by atoms with Crippen LogP contribution in [0.5, 0.6) is 0 Å². The van der Waals surface area contributed by atoms with Gasteiger partial charge in [-0.25, -0.2) is 8.42 Å². The van der Waals surface area contributed by atoms with Gasteiger partial charge in [0.05, 0.1) is 10.6 Å². The number of anilines is 2. The van der Waals surface area contributed by atoms with Gasteiger partial charge in [0.15, 0.2) is 0 Å². The number of rotatable bonds is 3. The van der Waals surface area contributed by atoms with E-state index >= 15 is 0 Å². The first-order valence-electron chi connectivity index (χ1n) is 5.95. The predicted molar refractivity (Wildman–Crippen MR) is 85.3 cm³/mol. The molecule has 20 heavy (non-hydrogen) atoms. The molecule has 0 saturated carbocycles. The smallest absolute Gasteiger partial charge is 0.261 e. The van der Waals surface area contributed by atoms with Crippen LogP contribution in [-0.4, -0.2) is 8.42 Å². The van der Waals surface area contributed by atoms with Crippen LogP contribution in [0.15, 0.2) is 45.8 Å². The maximum atomic E-state index is 12.3. The summed E-state index contributed by atoms with van der Waals surface area (Å²) in [5.41, 5.74) is 8.44. The second kappa shape index (κ2) is 5.46. The van der Waals surface area contributed by atoms with Crippen molar-refractivity contribution in [3.63, 3.8) is 0 Å². The van der Waals surface area contributed by atoms with Crippen LogP contribution in [0, 0.1) is 13.8 Å². The van der Waals surface area contributed by atoms with Gasteiger partial charge in [-0.05, 0) is 49.2 Å². The molecule has 2 aromatic carbocycles. The Morgan fingerprint density at radius 1 is 1.15 bits per heavy atom. The molecule has 2 aromatic rings. The molecular weight excluding hydrogens is 340 g/mol. The van der Waals surface area contributed by atoms with Crippen LogP contribution in [0.4, 0.5) is 11.4 Å². The van der Waals surface area contributed by atoms with Gasteiger partial charge in [0.25, 0.3) is 10.0 Å². The molecule has 0 aliphatic rings. The number of hydrogen-bond acceptors (Lipinski definition) is 3. The maximum Gasteiger partial charge on any atom is 0.261 e. The molecule has 0 bridgehead atoms. The Labute approximate surface area is 127 Å². The van der Waals surface area contributed by atoms with Crippen LogP contribution in [-0.2, 0) is 10.0 Å². The van der Waals surface area contributed by atoms with E-state index in [4.69, 9.17) is 5.73 Å². The molecule has 3 N–H and O–H groups in total. The van der Waals surface area contributed by atoms with Gasteiger partial charge in [-0.3, -0.25) is 4.72 Å². The quantitative estimate of drug-likeness (QED) is 0.829. The molecule has 0 fully saturated rings. The number of sulfonamides is 1. The summed E-state index contributed by atoms with van der Waals surface area (Å²) >= 11 is 3.38. The molecule has 0 aliphatic heterocycles. The number of halogens is 1. The Morgan fingerprint density at radius 3 is 2.50 bits per heavy atom. The van der Waals surface area contributed by atoms with Crippen LogP contribution in [0.2, 0.25) is 0 Å².